The normalized spacial score (nSPS) is 35.0. The average Bonchev–Trinajstić information content (AvgIpc) is 2.83. The van der Waals surface area contributed by atoms with Crippen molar-refractivity contribution in [3.05, 3.63) is 0 Å². The number of amides is 1. The van der Waals surface area contributed by atoms with Gasteiger partial charge in [-0.05, 0) is 44.8 Å². The summed E-state index contributed by atoms with van der Waals surface area (Å²) in [6.07, 6.45) is 5.28. The van der Waals surface area contributed by atoms with Crippen molar-refractivity contribution in [3.8, 4) is 0 Å². The topological polar surface area (TPSA) is 66.4 Å². The van der Waals surface area contributed by atoms with Gasteiger partial charge < -0.3 is 10.4 Å². The molecule has 2 aliphatic rings. The lowest BCUT2D eigenvalue weighted by atomic mass is 9.81. The van der Waals surface area contributed by atoms with E-state index in [2.05, 4.69) is 12.2 Å². The molecule has 2 rings (SSSR count). The number of carbonyl (C=O) groups excluding carboxylic acids is 1. The van der Waals surface area contributed by atoms with Gasteiger partial charge in [0.2, 0.25) is 5.91 Å². The third-order valence-corrected chi connectivity index (χ3v) is 5.87. The van der Waals surface area contributed by atoms with Crippen molar-refractivity contribution in [1.82, 2.24) is 5.32 Å². The summed E-state index contributed by atoms with van der Waals surface area (Å²) in [4.78, 5) is 23.2. The van der Waals surface area contributed by atoms with Gasteiger partial charge in [-0.1, -0.05) is 6.42 Å². The first-order valence-electron chi connectivity index (χ1n) is 7.15. The molecule has 0 aromatic carbocycles. The lowest BCUT2D eigenvalue weighted by Crippen LogP contribution is -2.41. The second-order valence-electron chi connectivity index (χ2n) is 6.02. The fraction of sp³-hybridized carbons (Fsp3) is 0.857. The van der Waals surface area contributed by atoms with Gasteiger partial charge in [0.15, 0.2) is 0 Å². The van der Waals surface area contributed by atoms with Crippen LogP contribution < -0.4 is 5.32 Å². The number of carbonyl (C=O) groups is 2. The first kappa shape index (κ1) is 14.7. The summed E-state index contributed by atoms with van der Waals surface area (Å²) < 4.78 is 0.177. The highest BCUT2D eigenvalue weighted by Crippen LogP contribution is 2.37. The maximum atomic E-state index is 12.2. The van der Waals surface area contributed by atoms with E-state index in [9.17, 15) is 9.59 Å². The second kappa shape index (κ2) is 6.16. The van der Waals surface area contributed by atoms with Crippen LogP contribution in [0.3, 0.4) is 0 Å². The number of aliphatic carboxylic acids is 1. The minimum absolute atomic E-state index is 0.0553. The van der Waals surface area contributed by atoms with E-state index in [-0.39, 0.29) is 22.5 Å². The van der Waals surface area contributed by atoms with E-state index in [0.717, 1.165) is 19.3 Å². The average molecular weight is 285 g/mol. The largest absolute Gasteiger partial charge is 0.481 e. The second-order valence-corrected chi connectivity index (χ2v) is 7.70. The van der Waals surface area contributed by atoms with Crippen LogP contribution in [-0.2, 0) is 9.59 Å². The number of thioether (sulfide) groups is 1. The van der Waals surface area contributed by atoms with E-state index in [1.807, 2.05) is 11.8 Å². The summed E-state index contributed by atoms with van der Waals surface area (Å²) in [5, 5.41) is 12.1. The lowest BCUT2D eigenvalue weighted by Gasteiger charge is -2.28. The summed E-state index contributed by atoms with van der Waals surface area (Å²) in [6, 6.07) is 0. The van der Waals surface area contributed by atoms with Gasteiger partial charge in [0.25, 0.3) is 0 Å². The van der Waals surface area contributed by atoms with E-state index in [1.54, 1.807) is 0 Å². The molecule has 1 saturated carbocycles. The van der Waals surface area contributed by atoms with E-state index in [1.165, 1.54) is 12.2 Å². The van der Waals surface area contributed by atoms with Gasteiger partial charge >= 0.3 is 5.97 Å². The third kappa shape index (κ3) is 3.88. The number of hydrogen-bond acceptors (Lipinski definition) is 3. The minimum Gasteiger partial charge on any atom is -0.481 e. The Hall–Kier alpha value is -0.710. The predicted molar refractivity (Wildman–Crippen MR) is 76.2 cm³/mol. The Labute approximate surface area is 118 Å². The fourth-order valence-electron chi connectivity index (χ4n) is 3.05. The van der Waals surface area contributed by atoms with Gasteiger partial charge in [0, 0.05) is 17.2 Å². The summed E-state index contributed by atoms with van der Waals surface area (Å²) >= 11 is 1.93. The maximum absolute atomic E-state index is 12.2. The first-order valence-corrected chi connectivity index (χ1v) is 8.13. The molecule has 0 spiro atoms. The highest BCUT2D eigenvalue weighted by atomic mass is 32.2. The number of carboxylic acid groups (broad SMARTS) is 1. The molecule has 2 N–H and O–H groups in total. The molecule has 4 nitrogen and oxygen atoms in total. The zero-order chi connectivity index (χ0) is 13.9. The smallest absolute Gasteiger partial charge is 0.306 e. The molecule has 2 fully saturated rings. The van der Waals surface area contributed by atoms with Crippen LogP contribution in [0.4, 0.5) is 0 Å². The van der Waals surface area contributed by atoms with Crippen LogP contribution in [0.1, 0.15) is 45.4 Å². The molecule has 1 amide bonds. The molecule has 3 atom stereocenters. The van der Waals surface area contributed by atoms with Crippen LogP contribution in [0.5, 0.6) is 0 Å². The van der Waals surface area contributed by atoms with Gasteiger partial charge in [-0.2, -0.15) is 11.8 Å². The van der Waals surface area contributed by atoms with Crippen LogP contribution in [0.2, 0.25) is 0 Å². The van der Waals surface area contributed by atoms with Crippen molar-refractivity contribution in [2.75, 3.05) is 12.3 Å². The Balaban J connectivity index is 1.80. The van der Waals surface area contributed by atoms with Crippen molar-refractivity contribution >= 4 is 23.6 Å². The summed E-state index contributed by atoms with van der Waals surface area (Å²) in [6.45, 7) is 2.91. The molecular weight excluding hydrogens is 262 g/mol. The van der Waals surface area contributed by atoms with Crippen LogP contribution in [0, 0.1) is 11.8 Å². The molecular formula is C14H23NO3S. The van der Waals surface area contributed by atoms with Crippen molar-refractivity contribution in [3.63, 3.8) is 0 Å². The fourth-order valence-corrected chi connectivity index (χ4v) is 4.29. The van der Waals surface area contributed by atoms with E-state index in [4.69, 9.17) is 5.11 Å². The molecule has 108 valence electrons. The van der Waals surface area contributed by atoms with E-state index >= 15 is 0 Å². The number of rotatable bonds is 4. The zero-order valence-corrected chi connectivity index (χ0v) is 12.3. The van der Waals surface area contributed by atoms with Crippen molar-refractivity contribution in [2.45, 2.75) is 50.2 Å². The highest BCUT2D eigenvalue weighted by Gasteiger charge is 2.33. The third-order valence-electron chi connectivity index (χ3n) is 4.33. The van der Waals surface area contributed by atoms with Gasteiger partial charge in [-0.3, -0.25) is 9.59 Å². The Morgan fingerprint density at radius 1 is 1.32 bits per heavy atom. The molecule has 1 aliphatic carbocycles. The molecule has 0 unspecified atom stereocenters. The minimum atomic E-state index is -0.754. The van der Waals surface area contributed by atoms with Gasteiger partial charge in [0.1, 0.15) is 0 Å². The van der Waals surface area contributed by atoms with Crippen molar-refractivity contribution < 1.29 is 14.7 Å². The maximum Gasteiger partial charge on any atom is 0.306 e. The number of carboxylic acids is 1. The van der Waals surface area contributed by atoms with Crippen molar-refractivity contribution in [2.24, 2.45) is 11.8 Å². The Kier molecular flexibility index (Phi) is 4.76. The summed E-state index contributed by atoms with van der Waals surface area (Å²) in [5.41, 5.74) is 0. The quantitative estimate of drug-likeness (QED) is 0.831. The lowest BCUT2D eigenvalue weighted by molar-refractivity contribution is -0.144. The van der Waals surface area contributed by atoms with Gasteiger partial charge in [-0.15, -0.1) is 0 Å². The van der Waals surface area contributed by atoms with Crippen LogP contribution in [-0.4, -0.2) is 34.0 Å². The standard InChI is InChI=1S/C14H23NO3S/c1-14(6-3-7-19-14)9-15-12(16)10-4-2-5-11(8-10)13(17)18/h10-11H,2-9H2,1H3,(H,15,16)(H,17,18)/t10-,11+,14-/m1/s1. The summed E-state index contributed by atoms with van der Waals surface area (Å²) in [7, 11) is 0. The monoisotopic (exact) mass is 285 g/mol. The Morgan fingerprint density at radius 2 is 2.05 bits per heavy atom. The molecule has 19 heavy (non-hydrogen) atoms. The molecule has 0 aromatic rings. The molecule has 0 aromatic heterocycles. The highest BCUT2D eigenvalue weighted by molar-refractivity contribution is 8.00. The summed E-state index contributed by atoms with van der Waals surface area (Å²) in [5.74, 6) is 0.0398. The Bertz CT molecular complexity index is 353. The molecule has 0 bridgehead atoms. The zero-order valence-electron chi connectivity index (χ0n) is 11.5. The van der Waals surface area contributed by atoms with Crippen molar-refractivity contribution in [1.29, 1.82) is 0 Å². The van der Waals surface area contributed by atoms with E-state index < -0.39 is 5.97 Å². The number of hydrogen-bond donors (Lipinski definition) is 2. The molecule has 1 heterocycles. The number of nitrogens with one attached hydrogen (secondary N) is 1. The SMILES string of the molecule is C[C@]1(CNC(=O)[C@@H]2CCC[C@H](C(=O)O)C2)CCCS1. The van der Waals surface area contributed by atoms with Crippen LogP contribution in [0.15, 0.2) is 0 Å². The Morgan fingerprint density at radius 3 is 2.68 bits per heavy atom. The molecule has 1 aliphatic heterocycles. The van der Waals surface area contributed by atoms with Gasteiger partial charge in [0.05, 0.1) is 5.92 Å². The molecule has 0 radical (unpaired) electrons. The molecule has 5 heteroatoms. The van der Waals surface area contributed by atoms with Crippen LogP contribution >= 0.6 is 11.8 Å². The molecule has 1 saturated heterocycles. The van der Waals surface area contributed by atoms with Gasteiger partial charge in [-0.25, -0.2) is 0 Å². The van der Waals surface area contributed by atoms with Crippen LogP contribution in [0.25, 0.3) is 0 Å². The predicted octanol–water partition coefficient (Wildman–Crippen LogP) is 2.28. The van der Waals surface area contributed by atoms with E-state index in [0.29, 0.717) is 19.4 Å². The first-order chi connectivity index (χ1) is 9.00.